The molecule has 0 saturated heterocycles. The summed E-state index contributed by atoms with van der Waals surface area (Å²) in [6.07, 6.45) is 3.96. The number of pyridine rings is 1. The first-order chi connectivity index (χ1) is 17.0. The highest BCUT2D eigenvalue weighted by Gasteiger charge is 2.17. The fourth-order valence-corrected chi connectivity index (χ4v) is 4.01. The third kappa shape index (κ3) is 5.47. The summed E-state index contributed by atoms with van der Waals surface area (Å²) in [5.41, 5.74) is 3.73. The van der Waals surface area contributed by atoms with E-state index in [1.807, 2.05) is 47.0 Å². The van der Waals surface area contributed by atoms with E-state index in [9.17, 15) is 14.4 Å². The molecule has 0 unspecified atom stereocenters. The lowest BCUT2D eigenvalue weighted by Gasteiger charge is -2.13. The second kappa shape index (κ2) is 10.8. The Labute approximate surface area is 202 Å². The quantitative estimate of drug-likeness (QED) is 0.195. The first-order valence-electron chi connectivity index (χ1n) is 11.4. The molecule has 9 nitrogen and oxygen atoms in total. The average Bonchev–Trinajstić information content (AvgIpc) is 3.25. The Balaban J connectivity index is 1.56. The molecule has 0 bridgehead atoms. The van der Waals surface area contributed by atoms with Crippen LogP contribution in [0.15, 0.2) is 71.7 Å². The van der Waals surface area contributed by atoms with Crippen molar-refractivity contribution >= 4 is 28.5 Å². The molecule has 2 heterocycles. The van der Waals surface area contributed by atoms with Gasteiger partial charge in [0.15, 0.2) is 0 Å². The van der Waals surface area contributed by atoms with Crippen molar-refractivity contribution in [3.63, 3.8) is 0 Å². The molecular formula is C26H27N5O4. The highest BCUT2D eigenvalue weighted by molar-refractivity contribution is 6.05. The largest absolute Gasteiger partial charge is 0.346 e. The van der Waals surface area contributed by atoms with E-state index in [-0.39, 0.29) is 17.4 Å². The zero-order valence-electron chi connectivity index (χ0n) is 19.4. The van der Waals surface area contributed by atoms with Crippen LogP contribution in [0.5, 0.6) is 0 Å². The van der Waals surface area contributed by atoms with E-state index >= 15 is 0 Å². The van der Waals surface area contributed by atoms with Crippen molar-refractivity contribution in [1.29, 1.82) is 0 Å². The number of hydroxylamine groups is 1. The molecule has 0 aliphatic rings. The molecule has 2 aromatic heterocycles. The van der Waals surface area contributed by atoms with Crippen LogP contribution in [-0.2, 0) is 18.4 Å². The normalized spacial score (nSPS) is 10.9. The number of carbonyl (C=O) groups is 2. The molecule has 35 heavy (non-hydrogen) atoms. The number of aromatic nitrogens is 3. The summed E-state index contributed by atoms with van der Waals surface area (Å²) < 4.78 is 3.47. The van der Waals surface area contributed by atoms with Gasteiger partial charge in [-0.15, -0.1) is 0 Å². The molecular weight excluding hydrogens is 446 g/mol. The molecule has 0 aliphatic carbocycles. The van der Waals surface area contributed by atoms with E-state index in [1.54, 1.807) is 41.6 Å². The van der Waals surface area contributed by atoms with Crippen molar-refractivity contribution in [3.05, 3.63) is 82.6 Å². The number of unbranched alkanes of at least 4 members (excludes halogenated alkanes) is 2. The van der Waals surface area contributed by atoms with Gasteiger partial charge in [-0.2, -0.15) is 5.10 Å². The van der Waals surface area contributed by atoms with E-state index in [0.717, 1.165) is 23.9 Å². The van der Waals surface area contributed by atoms with Gasteiger partial charge in [0, 0.05) is 43.2 Å². The highest BCUT2D eigenvalue weighted by Crippen LogP contribution is 2.21. The van der Waals surface area contributed by atoms with Crippen LogP contribution < -0.4 is 16.2 Å². The van der Waals surface area contributed by atoms with E-state index in [2.05, 4.69) is 10.4 Å². The van der Waals surface area contributed by atoms with Crippen molar-refractivity contribution in [1.82, 2.24) is 19.8 Å². The number of hydrogen-bond donors (Lipinski definition) is 3. The van der Waals surface area contributed by atoms with Crippen molar-refractivity contribution in [2.45, 2.75) is 32.2 Å². The lowest BCUT2D eigenvalue weighted by molar-refractivity contribution is -0.129. The minimum atomic E-state index is -0.503. The molecule has 4 rings (SSSR count). The Bertz CT molecular complexity index is 1410. The van der Waals surface area contributed by atoms with Crippen LogP contribution in [0.3, 0.4) is 0 Å². The molecule has 0 atom stereocenters. The van der Waals surface area contributed by atoms with Gasteiger partial charge in [0.1, 0.15) is 11.4 Å². The van der Waals surface area contributed by atoms with Gasteiger partial charge in [-0.05, 0) is 25.0 Å². The van der Waals surface area contributed by atoms with Gasteiger partial charge in [0.05, 0.1) is 11.2 Å². The Morgan fingerprint density at radius 3 is 2.51 bits per heavy atom. The summed E-state index contributed by atoms with van der Waals surface area (Å²) in [7, 11) is 1.73. The van der Waals surface area contributed by atoms with Gasteiger partial charge >= 0.3 is 0 Å². The van der Waals surface area contributed by atoms with Crippen molar-refractivity contribution in [3.8, 4) is 11.3 Å². The van der Waals surface area contributed by atoms with Crippen LogP contribution in [-0.4, -0.2) is 31.4 Å². The lowest BCUT2D eigenvalue weighted by Crippen LogP contribution is -2.24. The van der Waals surface area contributed by atoms with Crippen molar-refractivity contribution in [2.24, 2.45) is 7.05 Å². The van der Waals surface area contributed by atoms with E-state index in [0.29, 0.717) is 29.9 Å². The van der Waals surface area contributed by atoms with Gasteiger partial charge < -0.3 is 9.88 Å². The molecule has 0 aliphatic heterocycles. The summed E-state index contributed by atoms with van der Waals surface area (Å²) in [4.78, 5) is 37.5. The Kier molecular flexibility index (Phi) is 7.37. The first-order valence-corrected chi connectivity index (χ1v) is 11.4. The SMILES string of the molecule is Cn1nc(-c2ccccc2)cc1NC(=O)c1cn(CCCCCC(=O)NO)c2ccccc2c1=O. The van der Waals surface area contributed by atoms with E-state index in [4.69, 9.17) is 5.21 Å². The van der Waals surface area contributed by atoms with Gasteiger partial charge in [0.2, 0.25) is 11.3 Å². The fourth-order valence-electron chi connectivity index (χ4n) is 4.01. The van der Waals surface area contributed by atoms with Gasteiger partial charge in [-0.25, -0.2) is 5.48 Å². The first kappa shape index (κ1) is 23.9. The Morgan fingerprint density at radius 1 is 1.00 bits per heavy atom. The summed E-state index contributed by atoms with van der Waals surface area (Å²) in [5.74, 6) is -0.435. The number of carbonyl (C=O) groups excluding carboxylic acids is 2. The number of nitrogens with zero attached hydrogens (tertiary/aromatic N) is 3. The topological polar surface area (TPSA) is 118 Å². The summed E-state index contributed by atoms with van der Waals surface area (Å²) in [6.45, 7) is 0.575. The molecule has 0 radical (unpaired) electrons. The second-order valence-corrected chi connectivity index (χ2v) is 8.29. The predicted octanol–water partition coefficient (Wildman–Crippen LogP) is 3.72. The lowest BCUT2D eigenvalue weighted by atomic mass is 10.1. The van der Waals surface area contributed by atoms with Crippen LogP contribution >= 0.6 is 0 Å². The number of fused-ring (bicyclic) bond motifs is 1. The number of aryl methyl sites for hydroxylation is 2. The molecule has 0 spiro atoms. The zero-order valence-corrected chi connectivity index (χ0v) is 19.4. The highest BCUT2D eigenvalue weighted by atomic mass is 16.5. The molecule has 2 aromatic carbocycles. The maximum absolute atomic E-state index is 13.2. The van der Waals surface area contributed by atoms with Gasteiger partial charge in [0.25, 0.3) is 5.91 Å². The minimum Gasteiger partial charge on any atom is -0.346 e. The second-order valence-electron chi connectivity index (χ2n) is 8.29. The van der Waals surface area contributed by atoms with E-state index < -0.39 is 11.8 Å². The number of rotatable bonds is 9. The third-order valence-electron chi connectivity index (χ3n) is 5.85. The molecule has 3 N–H and O–H groups in total. The number of amides is 2. The molecule has 0 fully saturated rings. The minimum absolute atomic E-state index is 0.0471. The third-order valence-corrected chi connectivity index (χ3v) is 5.85. The summed E-state index contributed by atoms with van der Waals surface area (Å²) >= 11 is 0. The van der Waals surface area contributed by atoms with Crippen LogP contribution in [0.4, 0.5) is 5.82 Å². The number of hydrogen-bond acceptors (Lipinski definition) is 5. The summed E-state index contributed by atoms with van der Waals surface area (Å²) in [6, 6.07) is 18.6. The van der Waals surface area contributed by atoms with Crippen molar-refractivity contribution in [2.75, 3.05) is 5.32 Å². The van der Waals surface area contributed by atoms with Crippen LogP contribution in [0, 0.1) is 0 Å². The molecule has 0 saturated carbocycles. The predicted molar refractivity (Wildman–Crippen MR) is 133 cm³/mol. The maximum Gasteiger partial charge on any atom is 0.262 e. The van der Waals surface area contributed by atoms with E-state index in [1.165, 1.54) is 0 Å². The molecule has 9 heteroatoms. The Hall–Kier alpha value is -4.24. The monoisotopic (exact) mass is 473 g/mol. The Morgan fingerprint density at radius 2 is 1.74 bits per heavy atom. The number of anilines is 1. The summed E-state index contributed by atoms with van der Waals surface area (Å²) in [5, 5.41) is 16.4. The standard InChI is InChI=1S/C26H27N5O4/c1-30-23(16-21(28-30)18-10-4-2-5-11-18)27-26(34)20-17-31(15-9-3-6-14-24(32)29-35)22-13-8-7-12-19(22)25(20)33/h2,4-5,7-8,10-13,16-17,35H,3,6,9,14-15H2,1H3,(H,27,34)(H,29,32). The maximum atomic E-state index is 13.2. The fraction of sp³-hybridized carbons (Fsp3) is 0.231. The smallest absolute Gasteiger partial charge is 0.262 e. The van der Waals surface area contributed by atoms with Gasteiger partial charge in [-0.1, -0.05) is 48.9 Å². The van der Waals surface area contributed by atoms with Crippen molar-refractivity contribution < 1.29 is 14.8 Å². The number of para-hydroxylation sites is 1. The zero-order chi connectivity index (χ0) is 24.8. The average molecular weight is 474 g/mol. The number of benzene rings is 2. The van der Waals surface area contributed by atoms with Crippen LogP contribution in [0.25, 0.3) is 22.2 Å². The molecule has 2 amide bonds. The van der Waals surface area contributed by atoms with Crippen LogP contribution in [0.2, 0.25) is 0 Å². The number of nitrogens with one attached hydrogen (secondary N) is 2. The molecule has 4 aromatic rings. The van der Waals surface area contributed by atoms with Crippen LogP contribution in [0.1, 0.15) is 36.0 Å². The van der Waals surface area contributed by atoms with Gasteiger partial charge in [-0.3, -0.25) is 24.3 Å². The molecule has 180 valence electrons.